The molecule has 1 atom stereocenters. The maximum atomic E-state index is 12.3. The zero-order valence-electron chi connectivity index (χ0n) is 13.8. The Labute approximate surface area is 143 Å². The lowest BCUT2D eigenvalue weighted by molar-refractivity contribution is -0.121. The summed E-state index contributed by atoms with van der Waals surface area (Å²) in [6.45, 7) is 4.34. The molecular weight excluding hydrogens is 306 g/mol. The van der Waals surface area contributed by atoms with Crippen LogP contribution in [0.5, 0.6) is 0 Å². The van der Waals surface area contributed by atoms with Crippen molar-refractivity contribution in [2.75, 3.05) is 0 Å². The van der Waals surface area contributed by atoms with Gasteiger partial charge in [0.1, 0.15) is 0 Å². The van der Waals surface area contributed by atoms with Crippen molar-refractivity contribution in [2.45, 2.75) is 39.2 Å². The van der Waals surface area contributed by atoms with Crippen molar-refractivity contribution >= 4 is 17.5 Å². The van der Waals surface area contributed by atoms with Gasteiger partial charge in [-0.2, -0.15) is 0 Å². The lowest BCUT2D eigenvalue weighted by Gasteiger charge is -2.21. The van der Waals surface area contributed by atoms with Crippen LogP contribution >= 0.6 is 11.6 Å². The molecule has 0 heterocycles. The van der Waals surface area contributed by atoms with Gasteiger partial charge in [-0.25, -0.2) is 0 Å². The highest BCUT2D eigenvalue weighted by Crippen LogP contribution is 2.22. The van der Waals surface area contributed by atoms with Crippen LogP contribution in [0, 0.1) is 5.92 Å². The molecule has 1 amide bonds. The molecule has 0 aliphatic rings. The van der Waals surface area contributed by atoms with E-state index in [9.17, 15) is 4.79 Å². The number of amides is 1. The molecule has 1 unspecified atom stereocenters. The van der Waals surface area contributed by atoms with Gasteiger partial charge in [-0.3, -0.25) is 4.79 Å². The number of hydrogen-bond acceptors (Lipinski definition) is 1. The summed E-state index contributed by atoms with van der Waals surface area (Å²) in [5.74, 6) is 0.587. The molecule has 2 aromatic rings. The highest BCUT2D eigenvalue weighted by atomic mass is 35.5. The molecule has 2 aromatic carbocycles. The number of carbonyl (C=O) groups is 1. The van der Waals surface area contributed by atoms with Crippen molar-refractivity contribution < 1.29 is 4.79 Å². The van der Waals surface area contributed by atoms with Crippen LogP contribution in [-0.4, -0.2) is 5.91 Å². The molecule has 0 bridgehead atoms. The summed E-state index contributed by atoms with van der Waals surface area (Å²) < 4.78 is 0. The van der Waals surface area contributed by atoms with Gasteiger partial charge in [-0.15, -0.1) is 0 Å². The van der Waals surface area contributed by atoms with Gasteiger partial charge in [0.2, 0.25) is 5.91 Å². The van der Waals surface area contributed by atoms with Crippen LogP contribution in [0.2, 0.25) is 5.02 Å². The molecule has 1 N–H and O–H groups in total. The third-order valence-electron chi connectivity index (χ3n) is 3.82. The van der Waals surface area contributed by atoms with Crippen LogP contribution in [-0.2, 0) is 11.2 Å². The second-order valence-corrected chi connectivity index (χ2v) is 6.66. The maximum Gasteiger partial charge on any atom is 0.220 e. The zero-order chi connectivity index (χ0) is 16.7. The minimum Gasteiger partial charge on any atom is -0.349 e. The van der Waals surface area contributed by atoms with Crippen LogP contribution < -0.4 is 5.32 Å². The van der Waals surface area contributed by atoms with E-state index in [0.717, 1.165) is 22.6 Å². The van der Waals surface area contributed by atoms with Crippen LogP contribution in [0.4, 0.5) is 0 Å². The Kier molecular flexibility index (Phi) is 6.66. The second kappa shape index (κ2) is 8.73. The quantitative estimate of drug-likeness (QED) is 0.745. The van der Waals surface area contributed by atoms with Gasteiger partial charge in [0, 0.05) is 11.4 Å². The number of aryl methyl sites for hydroxylation is 1. The van der Waals surface area contributed by atoms with Gasteiger partial charge >= 0.3 is 0 Å². The number of halogens is 1. The zero-order valence-corrected chi connectivity index (χ0v) is 14.5. The van der Waals surface area contributed by atoms with Gasteiger partial charge in [0.25, 0.3) is 0 Å². The standard InChI is InChI=1S/C20H24ClNO/c1-15(2)14-19(17-9-4-3-5-10-17)22-20(23)13-12-16-8-6-7-11-18(16)21/h3-11,15,19H,12-14H2,1-2H3,(H,22,23). The summed E-state index contributed by atoms with van der Waals surface area (Å²) in [7, 11) is 0. The molecule has 0 saturated carbocycles. The van der Waals surface area contributed by atoms with E-state index >= 15 is 0 Å². The first-order valence-corrected chi connectivity index (χ1v) is 8.51. The fraction of sp³-hybridized carbons (Fsp3) is 0.350. The molecule has 0 aliphatic carbocycles. The van der Waals surface area contributed by atoms with Crippen molar-refractivity contribution in [1.29, 1.82) is 0 Å². The first-order chi connectivity index (χ1) is 11.1. The molecule has 23 heavy (non-hydrogen) atoms. The molecule has 2 rings (SSSR count). The number of hydrogen-bond donors (Lipinski definition) is 1. The van der Waals surface area contributed by atoms with Gasteiger partial charge < -0.3 is 5.32 Å². The lowest BCUT2D eigenvalue weighted by Crippen LogP contribution is -2.29. The molecular formula is C20H24ClNO. The van der Waals surface area contributed by atoms with E-state index in [1.807, 2.05) is 42.5 Å². The Bertz CT molecular complexity index is 625. The first kappa shape index (κ1) is 17.6. The Hall–Kier alpha value is -1.80. The minimum absolute atomic E-state index is 0.0648. The van der Waals surface area contributed by atoms with Gasteiger partial charge in [-0.1, -0.05) is 74.0 Å². The molecule has 2 nitrogen and oxygen atoms in total. The van der Waals surface area contributed by atoms with E-state index in [4.69, 9.17) is 11.6 Å². The SMILES string of the molecule is CC(C)CC(NC(=O)CCc1ccccc1Cl)c1ccccc1. The Morgan fingerprint density at radius 1 is 1.04 bits per heavy atom. The van der Waals surface area contributed by atoms with E-state index in [0.29, 0.717) is 18.8 Å². The largest absolute Gasteiger partial charge is 0.349 e. The van der Waals surface area contributed by atoms with E-state index in [1.165, 1.54) is 0 Å². The third-order valence-corrected chi connectivity index (χ3v) is 4.19. The Morgan fingerprint density at radius 2 is 1.70 bits per heavy atom. The monoisotopic (exact) mass is 329 g/mol. The molecule has 0 aromatic heterocycles. The van der Waals surface area contributed by atoms with E-state index in [-0.39, 0.29) is 11.9 Å². The molecule has 0 fully saturated rings. The summed E-state index contributed by atoms with van der Waals surface area (Å²) in [5, 5.41) is 3.90. The van der Waals surface area contributed by atoms with Gasteiger partial charge in [0.15, 0.2) is 0 Å². The van der Waals surface area contributed by atoms with Crippen LogP contribution in [0.3, 0.4) is 0 Å². The summed E-state index contributed by atoms with van der Waals surface area (Å²) in [5.41, 5.74) is 2.18. The lowest BCUT2D eigenvalue weighted by atomic mass is 9.96. The summed E-state index contributed by atoms with van der Waals surface area (Å²) >= 11 is 6.15. The number of nitrogens with one attached hydrogen (secondary N) is 1. The van der Waals surface area contributed by atoms with E-state index < -0.39 is 0 Å². The summed E-state index contributed by atoms with van der Waals surface area (Å²) in [6, 6.07) is 17.9. The maximum absolute atomic E-state index is 12.3. The molecule has 3 heteroatoms. The predicted molar refractivity (Wildman–Crippen MR) is 96.6 cm³/mol. The van der Waals surface area contributed by atoms with Gasteiger partial charge in [0.05, 0.1) is 6.04 Å². The van der Waals surface area contributed by atoms with Crippen molar-refractivity contribution in [1.82, 2.24) is 5.32 Å². The first-order valence-electron chi connectivity index (χ1n) is 8.14. The highest BCUT2D eigenvalue weighted by molar-refractivity contribution is 6.31. The molecule has 0 radical (unpaired) electrons. The minimum atomic E-state index is 0.0648. The molecule has 0 aliphatic heterocycles. The van der Waals surface area contributed by atoms with Gasteiger partial charge in [-0.05, 0) is 36.0 Å². The van der Waals surface area contributed by atoms with Crippen LogP contribution in [0.1, 0.15) is 43.9 Å². The predicted octanol–water partition coefficient (Wildman–Crippen LogP) is 5.18. The number of benzene rings is 2. The van der Waals surface area contributed by atoms with E-state index in [1.54, 1.807) is 0 Å². The summed E-state index contributed by atoms with van der Waals surface area (Å²) in [4.78, 5) is 12.3. The topological polar surface area (TPSA) is 29.1 Å². The highest BCUT2D eigenvalue weighted by Gasteiger charge is 2.16. The molecule has 122 valence electrons. The Morgan fingerprint density at radius 3 is 2.35 bits per heavy atom. The van der Waals surface area contributed by atoms with Crippen molar-refractivity contribution in [3.05, 3.63) is 70.7 Å². The van der Waals surface area contributed by atoms with Crippen molar-refractivity contribution in [3.8, 4) is 0 Å². The number of rotatable bonds is 7. The number of carbonyl (C=O) groups excluding carboxylic acids is 1. The fourth-order valence-corrected chi connectivity index (χ4v) is 2.88. The molecule has 0 spiro atoms. The van der Waals surface area contributed by atoms with Crippen molar-refractivity contribution in [2.24, 2.45) is 5.92 Å². The summed E-state index contributed by atoms with van der Waals surface area (Å²) in [6.07, 6.45) is 2.04. The molecule has 0 saturated heterocycles. The fourth-order valence-electron chi connectivity index (χ4n) is 2.65. The Balaban J connectivity index is 1.96. The van der Waals surface area contributed by atoms with Crippen LogP contribution in [0.25, 0.3) is 0 Å². The smallest absolute Gasteiger partial charge is 0.220 e. The average molecular weight is 330 g/mol. The average Bonchev–Trinajstić information content (AvgIpc) is 2.54. The third kappa shape index (κ3) is 5.72. The second-order valence-electron chi connectivity index (χ2n) is 6.25. The normalized spacial score (nSPS) is 12.2. The van der Waals surface area contributed by atoms with Crippen LogP contribution in [0.15, 0.2) is 54.6 Å². The van der Waals surface area contributed by atoms with Crippen molar-refractivity contribution in [3.63, 3.8) is 0 Å². The van der Waals surface area contributed by atoms with E-state index in [2.05, 4.69) is 31.3 Å².